The predicted molar refractivity (Wildman–Crippen MR) is 44.0 cm³/mol. The van der Waals surface area contributed by atoms with Crippen molar-refractivity contribution in [3.63, 3.8) is 0 Å². The SMILES string of the molecule is Cc1[c-][nH]cc1.[Ru+2].[c-]1ccc[nH]1. The van der Waals surface area contributed by atoms with E-state index >= 15 is 0 Å². The number of rotatable bonds is 0. The molecule has 12 heavy (non-hydrogen) atoms. The monoisotopic (exact) mass is 248 g/mol. The molecule has 2 rings (SSSR count). The Hall–Kier alpha value is -0.817. The molecule has 0 fully saturated rings. The van der Waals surface area contributed by atoms with Crippen LogP contribution in [0, 0.1) is 19.3 Å². The van der Waals surface area contributed by atoms with Crippen molar-refractivity contribution in [3.8, 4) is 0 Å². The van der Waals surface area contributed by atoms with Gasteiger partial charge in [0.25, 0.3) is 0 Å². The Kier molecular flexibility index (Phi) is 6.40. The van der Waals surface area contributed by atoms with Gasteiger partial charge in [-0.15, -0.1) is 12.4 Å². The average Bonchev–Trinajstić information content (AvgIpc) is 2.57. The zero-order chi connectivity index (χ0) is 7.94. The molecule has 2 N–H and O–H groups in total. The van der Waals surface area contributed by atoms with E-state index in [2.05, 4.69) is 22.4 Å². The molecule has 0 aliphatic heterocycles. The van der Waals surface area contributed by atoms with Crippen molar-refractivity contribution >= 4 is 0 Å². The number of hydrogen-bond acceptors (Lipinski definition) is 0. The smallest absolute Gasteiger partial charge is 0.484 e. The second-order valence-corrected chi connectivity index (χ2v) is 2.10. The molecule has 0 radical (unpaired) electrons. The van der Waals surface area contributed by atoms with Gasteiger partial charge in [-0.1, -0.05) is 6.92 Å². The normalized spacial score (nSPS) is 7.75. The van der Waals surface area contributed by atoms with Crippen molar-refractivity contribution < 1.29 is 19.5 Å². The van der Waals surface area contributed by atoms with Gasteiger partial charge >= 0.3 is 19.5 Å². The van der Waals surface area contributed by atoms with Gasteiger partial charge < -0.3 is 9.97 Å². The van der Waals surface area contributed by atoms with Crippen LogP contribution in [0.5, 0.6) is 0 Å². The molecule has 2 heterocycles. The second kappa shape index (κ2) is 6.87. The van der Waals surface area contributed by atoms with Crippen LogP contribution in [0.25, 0.3) is 0 Å². The summed E-state index contributed by atoms with van der Waals surface area (Å²) in [6, 6.07) is 5.68. The van der Waals surface area contributed by atoms with E-state index in [1.807, 2.05) is 37.5 Å². The zero-order valence-electron chi connectivity index (χ0n) is 6.74. The summed E-state index contributed by atoms with van der Waals surface area (Å²) < 4.78 is 0. The first-order chi connectivity index (χ1) is 5.39. The van der Waals surface area contributed by atoms with E-state index < -0.39 is 0 Å². The maximum atomic E-state index is 2.88. The fourth-order valence-corrected chi connectivity index (χ4v) is 0.604. The van der Waals surface area contributed by atoms with Crippen LogP contribution in [0.3, 0.4) is 0 Å². The minimum atomic E-state index is 0. The van der Waals surface area contributed by atoms with Gasteiger partial charge in [-0.3, -0.25) is 0 Å². The number of aromatic nitrogens is 2. The van der Waals surface area contributed by atoms with E-state index in [1.165, 1.54) is 0 Å². The maximum Gasteiger partial charge on any atom is 2.00 e. The molecular weight excluding hydrogens is 237 g/mol. The molecule has 0 saturated carbocycles. The predicted octanol–water partition coefficient (Wildman–Crippen LogP) is 1.94. The van der Waals surface area contributed by atoms with Crippen LogP contribution < -0.4 is 0 Å². The molecule has 0 spiro atoms. The topological polar surface area (TPSA) is 31.6 Å². The molecule has 2 nitrogen and oxygen atoms in total. The number of aromatic amines is 2. The van der Waals surface area contributed by atoms with Crippen molar-refractivity contribution in [1.29, 1.82) is 0 Å². The maximum absolute atomic E-state index is 2.88. The molecule has 0 aromatic carbocycles. The van der Waals surface area contributed by atoms with E-state index in [4.69, 9.17) is 0 Å². The summed E-state index contributed by atoms with van der Waals surface area (Å²) in [6.07, 6.45) is 9.29. The van der Waals surface area contributed by atoms with Gasteiger partial charge in [-0.2, -0.15) is 36.2 Å². The Morgan fingerprint density at radius 3 is 2.25 bits per heavy atom. The van der Waals surface area contributed by atoms with Crippen LogP contribution in [0.4, 0.5) is 0 Å². The Bertz CT molecular complexity index is 231. The van der Waals surface area contributed by atoms with Crippen LogP contribution in [-0.2, 0) is 19.5 Å². The number of aryl methyl sites for hydroxylation is 1. The molecule has 64 valence electrons. The van der Waals surface area contributed by atoms with E-state index in [0.717, 1.165) is 5.56 Å². The van der Waals surface area contributed by atoms with Gasteiger partial charge in [-0.05, 0) is 0 Å². The number of hydrogen-bond donors (Lipinski definition) is 2. The van der Waals surface area contributed by atoms with Crippen molar-refractivity contribution in [3.05, 3.63) is 48.5 Å². The zero-order valence-corrected chi connectivity index (χ0v) is 8.48. The molecule has 0 unspecified atom stereocenters. The third kappa shape index (κ3) is 4.92. The standard InChI is InChI=1S/C5H6N.C4H4N.Ru/c1-5-2-3-6-4-5;1-2-4-5-3-1;/h2-3,6H,1H3;1-3,5H;/q2*-1;+2. The summed E-state index contributed by atoms with van der Waals surface area (Å²) in [5, 5.41) is 0. The van der Waals surface area contributed by atoms with Crippen molar-refractivity contribution in [2.45, 2.75) is 6.92 Å². The van der Waals surface area contributed by atoms with E-state index in [9.17, 15) is 0 Å². The third-order valence-corrected chi connectivity index (χ3v) is 1.13. The first-order valence-electron chi connectivity index (χ1n) is 3.40. The molecule has 2 aromatic heterocycles. The second-order valence-electron chi connectivity index (χ2n) is 2.10. The fraction of sp³-hybridized carbons (Fsp3) is 0.111. The molecule has 0 bridgehead atoms. The molecule has 0 saturated heterocycles. The van der Waals surface area contributed by atoms with Gasteiger partial charge in [0.15, 0.2) is 0 Å². The summed E-state index contributed by atoms with van der Waals surface area (Å²) >= 11 is 0. The van der Waals surface area contributed by atoms with Crippen molar-refractivity contribution in [2.24, 2.45) is 0 Å². The van der Waals surface area contributed by atoms with E-state index in [0.29, 0.717) is 0 Å². The summed E-state index contributed by atoms with van der Waals surface area (Å²) in [4.78, 5) is 5.54. The van der Waals surface area contributed by atoms with E-state index in [-0.39, 0.29) is 19.5 Å². The van der Waals surface area contributed by atoms with Gasteiger partial charge in [0, 0.05) is 0 Å². The molecule has 3 heteroatoms. The Balaban J connectivity index is 0.000000189. The van der Waals surface area contributed by atoms with Crippen LogP contribution in [0.2, 0.25) is 0 Å². The largest absolute Gasteiger partial charge is 2.00 e. The van der Waals surface area contributed by atoms with Gasteiger partial charge in [0.1, 0.15) is 0 Å². The quantitative estimate of drug-likeness (QED) is 0.526. The first kappa shape index (κ1) is 11.2. The van der Waals surface area contributed by atoms with Gasteiger partial charge in [-0.25, -0.2) is 0 Å². The fourth-order valence-electron chi connectivity index (χ4n) is 0.604. The first-order valence-corrected chi connectivity index (χ1v) is 3.40. The summed E-state index contributed by atoms with van der Waals surface area (Å²) in [6.45, 7) is 2.00. The van der Waals surface area contributed by atoms with E-state index in [1.54, 1.807) is 0 Å². The minimum Gasteiger partial charge on any atom is -0.484 e. The number of nitrogens with one attached hydrogen (secondary N) is 2. The van der Waals surface area contributed by atoms with Crippen molar-refractivity contribution in [1.82, 2.24) is 9.97 Å². The Morgan fingerprint density at radius 2 is 2.08 bits per heavy atom. The van der Waals surface area contributed by atoms with Crippen LogP contribution in [0.15, 0.2) is 30.6 Å². The van der Waals surface area contributed by atoms with Crippen LogP contribution in [0.1, 0.15) is 5.56 Å². The third-order valence-electron chi connectivity index (χ3n) is 1.13. The summed E-state index contributed by atoms with van der Waals surface area (Å²) in [5.41, 5.74) is 1.16. The molecule has 0 aliphatic carbocycles. The van der Waals surface area contributed by atoms with Gasteiger partial charge in [0.05, 0.1) is 0 Å². The molecule has 0 aliphatic rings. The molecule has 0 atom stereocenters. The average molecular weight is 247 g/mol. The van der Waals surface area contributed by atoms with Crippen molar-refractivity contribution in [2.75, 3.05) is 0 Å². The molecular formula is C9H10N2Ru. The minimum absolute atomic E-state index is 0. The Morgan fingerprint density at radius 1 is 1.25 bits per heavy atom. The summed E-state index contributed by atoms with van der Waals surface area (Å²) in [5.74, 6) is 0. The van der Waals surface area contributed by atoms with Gasteiger partial charge in [0.2, 0.25) is 0 Å². The molecule has 0 amide bonds. The number of H-pyrrole nitrogens is 2. The van der Waals surface area contributed by atoms with Crippen LogP contribution >= 0.6 is 0 Å². The Labute approximate surface area is 85.2 Å². The molecule has 2 aromatic rings. The summed E-state index contributed by atoms with van der Waals surface area (Å²) in [7, 11) is 0. The van der Waals surface area contributed by atoms with Crippen LogP contribution in [-0.4, -0.2) is 9.97 Å².